The van der Waals surface area contributed by atoms with Gasteiger partial charge in [0.1, 0.15) is 23.9 Å². The van der Waals surface area contributed by atoms with Crippen molar-refractivity contribution in [3.05, 3.63) is 71.5 Å². The number of aromatic nitrogens is 1. The van der Waals surface area contributed by atoms with Crippen molar-refractivity contribution in [2.24, 2.45) is 16.1 Å². The van der Waals surface area contributed by atoms with Crippen LogP contribution in [-0.4, -0.2) is 24.2 Å². The first-order valence-corrected chi connectivity index (χ1v) is 11.1. The second-order valence-electron chi connectivity index (χ2n) is 9.82. The summed E-state index contributed by atoms with van der Waals surface area (Å²) in [5.41, 5.74) is 5.33. The summed E-state index contributed by atoms with van der Waals surface area (Å²) in [5, 5.41) is 0. The Labute approximate surface area is 200 Å². The Kier molecular flexibility index (Phi) is 5.19. The monoisotopic (exact) mass is 483 g/mol. The second-order valence-corrected chi connectivity index (χ2v) is 9.82. The van der Waals surface area contributed by atoms with Gasteiger partial charge in [0.05, 0.1) is 6.61 Å². The molecule has 3 heterocycles. The van der Waals surface area contributed by atoms with E-state index < -0.39 is 17.4 Å². The van der Waals surface area contributed by atoms with Crippen molar-refractivity contribution in [3.63, 3.8) is 0 Å². The molecule has 1 spiro atoms. The standard InChI is InChI=1S/C26H24F3N3O3/c1-24(2,3)13-33-16-7-9-21-19(12-16)25(14-34-23(30)32-25)18-11-15(6-8-20(18)35-21)17-5-4-10-31-22(17)26(27,28)29/h4-12H,13-14H2,1-3H3,(H2,30,32)/t25-/m0/s1. The molecule has 2 aliphatic rings. The molecule has 0 fully saturated rings. The highest BCUT2D eigenvalue weighted by molar-refractivity contribution is 5.78. The predicted octanol–water partition coefficient (Wildman–Crippen LogP) is 5.89. The Morgan fingerprint density at radius 2 is 1.74 bits per heavy atom. The summed E-state index contributed by atoms with van der Waals surface area (Å²) >= 11 is 0. The van der Waals surface area contributed by atoms with E-state index in [2.05, 4.69) is 30.7 Å². The molecular formula is C26H24F3N3O3. The highest BCUT2D eigenvalue weighted by atomic mass is 19.4. The molecule has 0 radical (unpaired) electrons. The topological polar surface area (TPSA) is 79.0 Å². The van der Waals surface area contributed by atoms with Gasteiger partial charge in [-0.05, 0) is 47.4 Å². The molecule has 2 aromatic carbocycles. The fourth-order valence-corrected chi connectivity index (χ4v) is 4.26. The van der Waals surface area contributed by atoms with Crippen LogP contribution in [0.25, 0.3) is 11.1 Å². The number of halogens is 3. The smallest absolute Gasteiger partial charge is 0.433 e. The van der Waals surface area contributed by atoms with Gasteiger partial charge in [-0.25, -0.2) is 4.99 Å². The SMILES string of the molecule is CC(C)(C)COc1ccc2c(c1)[C@]1(COC(N)=N1)c1cc(-c3cccnc3C(F)(F)F)ccc1O2. The second kappa shape index (κ2) is 7.90. The maximum absolute atomic E-state index is 13.7. The fourth-order valence-electron chi connectivity index (χ4n) is 4.26. The highest BCUT2D eigenvalue weighted by Gasteiger charge is 2.47. The zero-order valence-corrected chi connectivity index (χ0v) is 19.4. The van der Waals surface area contributed by atoms with Gasteiger partial charge >= 0.3 is 6.18 Å². The van der Waals surface area contributed by atoms with Gasteiger partial charge in [0.2, 0.25) is 0 Å². The number of pyridine rings is 1. The summed E-state index contributed by atoms with van der Waals surface area (Å²) in [7, 11) is 0. The number of fused-ring (bicyclic) bond motifs is 4. The Morgan fingerprint density at radius 1 is 1.03 bits per heavy atom. The number of benzene rings is 2. The minimum absolute atomic E-state index is 0.00688. The number of nitrogens with zero attached hydrogens (tertiary/aromatic N) is 2. The van der Waals surface area contributed by atoms with Crippen LogP contribution in [0.1, 0.15) is 37.6 Å². The number of hydrogen-bond donors (Lipinski definition) is 1. The molecule has 0 unspecified atom stereocenters. The van der Waals surface area contributed by atoms with Crippen LogP contribution < -0.4 is 15.2 Å². The number of nitrogens with two attached hydrogens (primary N) is 1. The van der Waals surface area contributed by atoms with Crippen LogP contribution in [0.2, 0.25) is 0 Å². The van der Waals surface area contributed by atoms with Crippen LogP contribution in [0.4, 0.5) is 13.2 Å². The average Bonchev–Trinajstić information content (AvgIpc) is 3.19. The molecule has 1 atom stereocenters. The summed E-state index contributed by atoms with van der Waals surface area (Å²) < 4.78 is 58.7. The molecule has 2 N–H and O–H groups in total. The van der Waals surface area contributed by atoms with E-state index >= 15 is 0 Å². The Hall–Kier alpha value is -3.75. The first-order chi connectivity index (χ1) is 16.5. The van der Waals surface area contributed by atoms with E-state index in [9.17, 15) is 13.2 Å². The number of ether oxygens (including phenoxy) is 3. The molecular weight excluding hydrogens is 459 g/mol. The third-order valence-electron chi connectivity index (χ3n) is 5.83. The summed E-state index contributed by atoms with van der Waals surface area (Å²) in [5.74, 6) is 1.63. The maximum Gasteiger partial charge on any atom is 0.433 e. The first kappa shape index (κ1) is 23.0. The summed E-state index contributed by atoms with van der Waals surface area (Å²) in [4.78, 5) is 8.20. The third kappa shape index (κ3) is 4.15. The molecule has 6 nitrogen and oxygen atoms in total. The van der Waals surface area contributed by atoms with Crippen LogP contribution in [0, 0.1) is 5.41 Å². The number of amidine groups is 1. The fraction of sp³-hybridized carbons (Fsp3) is 0.308. The van der Waals surface area contributed by atoms with Gasteiger partial charge < -0.3 is 19.9 Å². The average molecular weight is 483 g/mol. The largest absolute Gasteiger partial charge is 0.493 e. The van der Waals surface area contributed by atoms with Crippen molar-refractivity contribution < 1.29 is 27.4 Å². The highest BCUT2D eigenvalue weighted by Crippen LogP contribution is 2.52. The number of hydrogen-bond acceptors (Lipinski definition) is 6. The summed E-state index contributed by atoms with van der Waals surface area (Å²) in [6, 6.07) is 13.1. The van der Waals surface area contributed by atoms with Crippen molar-refractivity contribution >= 4 is 6.02 Å². The molecule has 0 amide bonds. The van der Waals surface area contributed by atoms with Gasteiger partial charge in [0.25, 0.3) is 6.02 Å². The van der Waals surface area contributed by atoms with Gasteiger partial charge in [-0.3, -0.25) is 4.98 Å². The van der Waals surface area contributed by atoms with E-state index in [4.69, 9.17) is 19.9 Å². The van der Waals surface area contributed by atoms with Gasteiger partial charge in [0, 0.05) is 22.9 Å². The van der Waals surface area contributed by atoms with Crippen molar-refractivity contribution in [1.29, 1.82) is 0 Å². The van der Waals surface area contributed by atoms with Crippen molar-refractivity contribution in [2.75, 3.05) is 13.2 Å². The van der Waals surface area contributed by atoms with Crippen LogP contribution in [-0.2, 0) is 16.5 Å². The van der Waals surface area contributed by atoms with Gasteiger partial charge in [-0.15, -0.1) is 0 Å². The molecule has 0 aliphatic carbocycles. The normalized spacial score (nSPS) is 18.9. The number of alkyl halides is 3. The van der Waals surface area contributed by atoms with E-state index in [-0.39, 0.29) is 23.6 Å². The van der Waals surface area contributed by atoms with Crippen LogP contribution in [0.3, 0.4) is 0 Å². The lowest BCUT2D eigenvalue weighted by Gasteiger charge is -2.34. The zero-order valence-electron chi connectivity index (χ0n) is 19.4. The Bertz CT molecular complexity index is 1330. The molecule has 2 aliphatic heterocycles. The van der Waals surface area contributed by atoms with E-state index in [0.29, 0.717) is 40.5 Å². The van der Waals surface area contributed by atoms with Crippen LogP contribution >= 0.6 is 0 Å². The van der Waals surface area contributed by atoms with E-state index in [1.165, 1.54) is 12.1 Å². The zero-order chi connectivity index (χ0) is 25.0. The van der Waals surface area contributed by atoms with E-state index in [1.54, 1.807) is 24.3 Å². The molecule has 1 aromatic heterocycles. The minimum atomic E-state index is -4.61. The van der Waals surface area contributed by atoms with Crippen LogP contribution in [0.5, 0.6) is 17.2 Å². The van der Waals surface area contributed by atoms with Gasteiger partial charge in [-0.1, -0.05) is 32.9 Å². The van der Waals surface area contributed by atoms with Crippen molar-refractivity contribution in [2.45, 2.75) is 32.5 Å². The molecule has 3 aromatic rings. The van der Waals surface area contributed by atoms with Crippen molar-refractivity contribution in [3.8, 4) is 28.4 Å². The third-order valence-corrected chi connectivity index (χ3v) is 5.83. The molecule has 35 heavy (non-hydrogen) atoms. The lowest BCUT2D eigenvalue weighted by molar-refractivity contribution is -0.140. The van der Waals surface area contributed by atoms with Gasteiger partial charge in [0.15, 0.2) is 11.2 Å². The first-order valence-electron chi connectivity index (χ1n) is 11.1. The maximum atomic E-state index is 13.7. The predicted molar refractivity (Wildman–Crippen MR) is 124 cm³/mol. The molecule has 0 saturated carbocycles. The van der Waals surface area contributed by atoms with E-state index in [1.807, 2.05) is 12.1 Å². The van der Waals surface area contributed by atoms with Crippen molar-refractivity contribution in [1.82, 2.24) is 4.98 Å². The minimum Gasteiger partial charge on any atom is -0.493 e. The van der Waals surface area contributed by atoms with E-state index in [0.717, 1.165) is 6.20 Å². The summed E-state index contributed by atoms with van der Waals surface area (Å²) in [6.07, 6.45) is -3.48. The number of aliphatic imine (C=N–C) groups is 1. The Balaban J connectivity index is 1.65. The van der Waals surface area contributed by atoms with Crippen LogP contribution in [0.15, 0.2) is 59.7 Å². The number of rotatable bonds is 3. The summed E-state index contributed by atoms with van der Waals surface area (Å²) in [6.45, 7) is 6.77. The molecule has 0 bridgehead atoms. The lowest BCUT2D eigenvalue weighted by atomic mass is 9.80. The molecule has 182 valence electrons. The molecule has 0 saturated heterocycles. The molecule has 9 heteroatoms. The van der Waals surface area contributed by atoms with Gasteiger partial charge in [-0.2, -0.15) is 13.2 Å². The Morgan fingerprint density at radius 3 is 2.40 bits per heavy atom. The lowest BCUT2D eigenvalue weighted by Crippen LogP contribution is -2.31. The molecule has 5 rings (SSSR count). The quantitative estimate of drug-likeness (QED) is 0.503.